The van der Waals surface area contributed by atoms with Gasteiger partial charge in [-0.1, -0.05) is 19.8 Å². The molecule has 0 bridgehead atoms. The topological polar surface area (TPSA) is 90.0 Å². The van der Waals surface area contributed by atoms with Crippen molar-refractivity contribution >= 4 is 0 Å². The number of hydrogen-bond donors (Lipinski definition) is 2. The number of halogens is 3. The zero-order valence-corrected chi connectivity index (χ0v) is 11.4. The van der Waals surface area contributed by atoms with E-state index in [1.807, 2.05) is 6.92 Å². The van der Waals surface area contributed by atoms with E-state index in [0.717, 1.165) is 12.4 Å². The Hall–Kier alpha value is -1.72. The first-order valence-electron chi connectivity index (χ1n) is 6.42. The summed E-state index contributed by atoms with van der Waals surface area (Å²) >= 11 is 0. The molecule has 2 N–H and O–H groups in total. The smallest absolute Gasteiger partial charge is 0.385 e. The molecule has 1 aromatic heterocycles. The van der Waals surface area contributed by atoms with Gasteiger partial charge in [-0.05, 0) is 6.42 Å². The summed E-state index contributed by atoms with van der Waals surface area (Å²) < 4.78 is 37.5. The summed E-state index contributed by atoms with van der Waals surface area (Å²) in [5, 5.41) is 28.3. The molecule has 1 rings (SSSR count). The SMILES string of the molecule is CCCCC(O)(CC(O)C(F)(F)F)c1cnc(C#N)nc1. The number of aromatic nitrogens is 2. The average molecular weight is 303 g/mol. The Kier molecular flexibility index (Phi) is 5.63. The number of unbranched alkanes of at least 4 members (excludes halogenated alkanes) is 1. The van der Waals surface area contributed by atoms with Gasteiger partial charge in [0.05, 0.1) is 5.60 Å². The molecule has 2 unspecified atom stereocenters. The fraction of sp³-hybridized carbons (Fsp3) is 0.615. The van der Waals surface area contributed by atoms with Gasteiger partial charge in [-0.15, -0.1) is 0 Å². The lowest BCUT2D eigenvalue weighted by atomic mass is 9.85. The van der Waals surface area contributed by atoms with Crippen LogP contribution in [-0.2, 0) is 5.60 Å². The normalized spacial score (nSPS) is 16.0. The average Bonchev–Trinajstić information content (AvgIpc) is 2.44. The van der Waals surface area contributed by atoms with E-state index in [4.69, 9.17) is 5.26 Å². The summed E-state index contributed by atoms with van der Waals surface area (Å²) in [4.78, 5) is 7.29. The lowest BCUT2D eigenvalue weighted by Crippen LogP contribution is -2.38. The van der Waals surface area contributed by atoms with Crippen LogP contribution in [0.15, 0.2) is 12.4 Å². The molecule has 5 nitrogen and oxygen atoms in total. The quantitative estimate of drug-likeness (QED) is 0.839. The number of aliphatic hydroxyl groups is 2. The highest BCUT2D eigenvalue weighted by molar-refractivity contribution is 5.19. The Morgan fingerprint density at radius 2 is 1.90 bits per heavy atom. The summed E-state index contributed by atoms with van der Waals surface area (Å²) in [5.41, 5.74) is -1.84. The van der Waals surface area contributed by atoms with Gasteiger partial charge in [0, 0.05) is 24.4 Å². The number of nitrogens with zero attached hydrogens (tertiary/aromatic N) is 3. The first kappa shape index (κ1) is 17.3. The largest absolute Gasteiger partial charge is 0.414 e. The maximum atomic E-state index is 12.5. The molecule has 116 valence electrons. The highest BCUT2D eigenvalue weighted by Crippen LogP contribution is 2.35. The van der Waals surface area contributed by atoms with Crippen molar-refractivity contribution in [3.05, 3.63) is 23.8 Å². The fourth-order valence-electron chi connectivity index (χ4n) is 1.90. The molecule has 8 heteroatoms. The molecule has 0 fully saturated rings. The zero-order chi connectivity index (χ0) is 16.1. The molecule has 0 aromatic carbocycles. The molecule has 0 amide bonds. The minimum absolute atomic E-state index is 0.0336. The van der Waals surface area contributed by atoms with Crippen LogP contribution < -0.4 is 0 Å². The third kappa shape index (κ3) is 4.65. The molecule has 0 saturated heterocycles. The van der Waals surface area contributed by atoms with Gasteiger partial charge in [0.25, 0.3) is 0 Å². The Morgan fingerprint density at radius 1 is 1.33 bits per heavy atom. The van der Waals surface area contributed by atoms with Crippen LogP contribution in [0.25, 0.3) is 0 Å². The van der Waals surface area contributed by atoms with Gasteiger partial charge in [0.1, 0.15) is 6.07 Å². The second-order valence-electron chi connectivity index (χ2n) is 4.80. The van der Waals surface area contributed by atoms with Crippen LogP contribution in [0, 0.1) is 11.3 Å². The highest BCUT2D eigenvalue weighted by Gasteiger charge is 2.44. The maximum Gasteiger partial charge on any atom is 0.414 e. The van der Waals surface area contributed by atoms with Gasteiger partial charge in [-0.3, -0.25) is 0 Å². The highest BCUT2D eigenvalue weighted by atomic mass is 19.4. The Labute approximate surface area is 120 Å². The molecular formula is C13H16F3N3O2. The van der Waals surface area contributed by atoms with Gasteiger partial charge >= 0.3 is 6.18 Å². The molecular weight excluding hydrogens is 287 g/mol. The van der Waals surface area contributed by atoms with Crippen molar-refractivity contribution in [3.8, 4) is 6.07 Å². The predicted octanol–water partition coefficient (Wildman–Crippen LogP) is 2.04. The van der Waals surface area contributed by atoms with E-state index >= 15 is 0 Å². The molecule has 21 heavy (non-hydrogen) atoms. The minimum atomic E-state index is -4.81. The Morgan fingerprint density at radius 3 is 2.33 bits per heavy atom. The molecule has 0 saturated carbocycles. The van der Waals surface area contributed by atoms with E-state index in [1.54, 1.807) is 6.07 Å². The minimum Gasteiger partial charge on any atom is -0.385 e. The fourth-order valence-corrected chi connectivity index (χ4v) is 1.90. The molecule has 0 radical (unpaired) electrons. The van der Waals surface area contributed by atoms with Crippen LogP contribution in [0.5, 0.6) is 0 Å². The van der Waals surface area contributed by atoms with Gasteiger partial charge < -0.3 is 10.2 Å². The van der Waals surface area contributed by atoms with E-state index in [9.17, 15) is 23.4 Å². The van der Waals surface area contributed by atoms with Gasteiger partial charge in [0.15, 0.2) is 6.10 Å². The van der Waals surface area contributed by atoms with Crippen LogP contribution in [0.4, 0.5) is 13.2 Å². The second kappa shape index (κ2) is 6.83. The molecule has 0 aliphatic carbocycles. The number of aliphatic hydroxyl groups excluding tert-OH is 1. The van der Waals surface area contributed by atoms with Gasteiger partial charge in [0.2, 0.25) is 5.82 Å². The molecule has 1 heterocycles. The molecule has 0 aliphatic rings. The number of hydrogen-bond acceptors (Lipinski definition) is 5. The summed E-state index contributed by atoms with van der Waals surface area (Å²) in [6.45, 7) is 1.83. The monoisotopic (exact) mass is 303 g/mol. The molecule has 1 aromatic rings. The summed E-state index contributed by atoms with van der Waals surface area (Å²) in [7, 11) is 0. The van der Waals surface area contributed by atoms with Crippen molar-refractivity contribution in [2.45, 2.75) is 50.5 Å². The van der Waals surface area contributed by atoms with E-state index in [0.29, 0.717) is 12.8 Å². The van der Waals surface area contributed by atoms with Crippen molar-refractivity contribution < 1.29 is 23.4 Å². The van der Waals surface area contributed by atoms with E-state index in [-0.39, 0.29) is 17.8 Å². The van der Waals surface area contributed by atoms with Crippen molar-refractivity contribution in [3.63, 3.8) is 0 Å². The third-order valence-electron chi connectivity index (χ3n) is 3.14. The van der Waals surface area contributed by atoms with Crippen LogP contribution in [0.3, 0.4) is 0 Å². The maximum absolute atomic E-state index is 12.5. The van der Waals surface area contributed by atoms with Gasteiger partial charge in [-0.2, -0.15) is 18.4 Å². The predicted molar refractivity (Wildman–Crippen MR) is 66.8 cm³/mol. The third-order valence-corrected chi connectivity index (χ3v) is 3.14. The molecule has 0 spiro atoms. The molecule has 0 aliphatic heterocycles. The lowest BCUT2D eigenvalue weighted by Gasteiger charge is -2.31. The first-order valence-corrected chi connectivity index (χ1v) is 6.42. The van der Waals surface area contributed by atoms with Crippen LogP contribution in [-0.4, -0.2) is 32.5 Å². The lowest BCUT2D eigenvalue weighted by molar-refractivity contribution is -0.219. The van der Waals surface area contributed by atoms with Crippen molar-refractivity contribution in [1.82, 2.24) is 9.97 Å². The summed E-state index contributed by atoms with van der Waals surface area (Å²) in [6.07, 6.45) is -4.95. The van der Waals surface area contributed by atoms with Crippen LogP contribution in [0.2, 0.25) is 0 Å². The Balaban J connectivity index is 3.04. The van der Waals surface area contributed by atoms with E-state index < -0.39 is 24.3 Å². The van der Waals surface area contributed by atoms with Crippen molar-refractivity contribution in [2.24, 2.45) is 0 Å². The zero-order valence-electron chi connectivity index (χ0n) is 11.4. The van der Waals surface area contributed by atoms with E-state index in [1.165, 1.54) is 0 Å². The van der Waals surface area contributed by atoms with Crippen molar-refractivity contribution in [1.29, 1.82) is 5.26 Å². The Bertz CT molecular complexity index is 499. The van der Waals surface area contributed by atoms with Gasteiger partial charge in [-0.25, -0.2) is 9.97 Å². The first-order chi connectivity index (χ1) is 9.73. The van der Waals surface area contributed by atoms with Crippen LogP contribution in [0.1, 0.15) is 44.0 Å². The molecule has 2 atom stereocenters. The standard InChI is InChI=1S/C13H16F3N3O2/c1-2-3-4-12(21,5-10(20)13(14,15)16)9-7-18-11(6-17)19-8-9/h7-8,10,20-21H,2-5H2,1H3. The van der Waals surface area contributed by atoms with Crippen LogP contribution >= 0.6 is 0 Å². The summed E-state index contributed by atoms with van der Waals surface area (Å²) in [6, 6.07) is 1.68. The van der Waals surface area contributed by atoms with Crippen molar-refractivity contribution in [2.75, 3.05) is 0 Å². The second-order valence-corrected chi connectivity index (χ2v) is 4.80. The number of rotatable bonds is 6. The van der Waals surface area contributed by atoms with E-state index in [2.05, 4.69) is 9.97 Å². The number of alkyl halides is 3. The number of nitriles is 1. The summed E-state index contributed by atoms with van der Waals surface area (Å²) in [5.74, 6) is -0.145.